The van der Waals surface area contributed by atoms with E-state index in [1.807, 2.05) is 6.07 Å². The number of nitrogens with two attached hydrogens (primary N) is 1. The monoisotopic (exact) mass is 188 g/mol. The standard InChI is InChI=1S/C7H12N2O2S/c1-7(12(9,10)11)5-3-2-4-6-8/h2,4,7H,3,5H2,1H3,(H2,9,10,11)/t7-/m1/s1. The summed E-state index contributed by atoms with van der Waals surface area (Å²) in [6.45, 7) is 1.55. The van der Waals surface area contributed by atoms with Crippen molar-refractivity contribution in [3.05, 3.63) is 12.2 Å². The first-order valence-electron chi connectivity index (χ1n) is 3.54. The van der Waals surface area contributed by atoms with E-state index in [1.165, 1.54) is 6.08 Å². The molecule has 0 aromatic heterocycles. The number of nitrogens with zero attached hydrogens (tertiary/aromatic N) is 1. The first kappa shape index (κ1) is 11.1. The van der Waals surface area contributed by atoms with E-state index in [2.05, 4.69) is 0 Å². The lowest BCUT2D eigenvalue weighted by molar-refractivity contribution is 0.580. The highest BCUT2D eigenvalue weighted by molar-refractivity contribution is 7.89. The molecule has 0 aromatic rings. The Hall–Kier alpha value is -0.860. The van der Waals surface area contributed by atoms with Crippen molar-refractivity contribution in [2.75, 3.05) is 0 Å². The second-order valence-corrected chi connectivity index (χ2v) is 4.49. The van der Waals surface area contributed by atoms with Gasteiger partial charge in [0, 0.05) is 6.08 Å². The predicted molar refractivity (Wildman–Crippen MR) is 46.6 cm³/mol. The molecule has 0 spiro atoms. The molecule has 0 aromatic carbocycles. The second-order valence-electron chi connectivity index (χ2n) is 2.51. The van der Waals surface area contributed by atoms with Crippen LogP contribution in [0.15, 0.2) is 12.2 Å². The van der Waals surface area contributed by atoms with E-state index in [9.17, 15) is 8.42 Å². The Balaban J connectivity index is 3.83. The van der Waals surface area contributed by atoms with E-state index in [0.717, 1.165) is 0 Å². The fraction of sp³-hybridized carbons (Fsp3) is 0.571. The van der Waals surface area contributed by atoms with E-state index < -0.39 is 15.3 Å². The van der Waals surface area contributed by atoms with E-state index >= 15 is 0 Å². The Kier molecular flexibility index (Phi) is 4.55. The SMILES string of the molecule is C[C@H](CCC=CC#N)S(N)(=O)=O. The number of rotatable bonds is 4. The molecule has 0 amide bonds. The fourth-order valence-corrected chi connectivity index (χ4v) is 1.10. The van der Waals surface area contributed by atoms with Crippen molar-refractivity contribution in [2.45, 2.75) is 25.0 Å². The maximum absolute atomic E-state index is 10.7. The molecule has 0 aliphatic rings. The maximum atomic E-state index is 10.7. The first-order chi connectivity index (χ1) is 5.48. The van der Waals surface area contributed by atoms with Crippen molar-refractivity contribution < 1.29 is 8.42 Å². The molecule has 0 aliphatic heterocycles. The van der Waals surface area contributed by atoms with Crippen LogP contribution in [0, 0.1) is 11.3 Å². The van der Waals surface area contributed by atoms with Crippen molar-refractivity contribution in [3.8, 4) is 6.07 Å². The smallest absolute Gasteiger partial charge is 0.211 e. The van der Waals surface area contributed by atoms with Crippen LogP contribution in [-0.2, 0) is 10.0 Å². The van der Waals surface area contributed by atoms with E-state index in [-0.39, 0.29) is 0 Å². The molecule has 0 rings (SSSR count). The summed E-state index contributed by atoms with van der Waals surface area (Å²) < 4.78 is 21.4. The Morgan fingerprint density at radius 2 is 2.25 bits per heavy atom. The maximum Gasteiger partial charge on any atom is 0.211 e. The van der Waals surface area contributed by atoms with Crippen LogP contribution in [-0.4, -0.2) is 13.7 Å². The third-order valence-electron chi connectivity index (χ3n) is 1.49. The summed E-state index contributed by atoms with van der Waals surface area (Å²) in [5, 5.41) is 12.4. The zero-order valence-electron chi connectivity index (χ0n) is 6.90. The van der Waals surface area contributed by atoms with Gasteiger partial charge in [-0.15, -0.1) is 0 Å². The van der Waals surface area contributed by atoms with E-state index in [0.29, 0.717) is 12.8 Å². The highest BCUT2D eigenvalue weighted by Crippen LogP contribution is 2.04. The minimum Gasteiger partial charge on any atom is -0.228 e. The quantitative estimate of drug-likeness (QED) is 0.653. The molecule has 0 bridgehead atoms. The van der Waals surface area contributed by atoms with Gasteiger partial charge >= 0.3 is 0 Å². The molecule has 0 saturated carbocycles. The van der Waals surface area contributed by atoms with Gasteiger partial charge in [-0.3, -0.25) is 0 Å². The lowest BCUT2D eigenvalue weighted by atomic mass is 10.2. The summed E-state index contributed by atoms with van der Waals surface area (Å²) in [6.07, 6.45) is 3.97. The van der Waals surface area contributed by atoms with Crippen LogP contribution in [0.2, 0.25) is 0 Å². The van der Waals surface area contributed by atoms with E-state index in [1.54, 1.807) is 13.0 Å². The molecule has 1 atom stereocenters. The predicted octanol–water partition coefficient (Wildman–Crippen LogP) is 0.523. The largest absolute Gasteiger partial charge is 0.228 e. The normalized spacial score (nSPS) is 14.4. The van der Waals surface area contributed by atoms with Crippen molar-refractivity contribution in [3.63, 3.8) is 0 Å². The molecule has 0 fully saturated rings. The van der Waals surface area contributed by atoms with Gasteiger partial charge in [-0.05, 0) is 19.8 Å². The average Bonchev–Trinajstić information content (AvgIpc) is 1.96. The molecule has 12 heavy (non-hydrogen) atoms. The van der Waals surface area contributed by atoms with Crippen LogP contribution in [0.4, 0.5) is 0 Å². The second kappa shape index (κ2) is 4.91. The first-order valence-corrected chi connectivity index (χ1v) is 5.15. The Morgan fingerprint density at radius 3 is 2.67 bits per heavy atom. The van der Waals surface area contributed by atoms with Gasteiger partial charge in [0.05, 0.1) is 11.3 Å². The van der Waals surface area contributed by atoms with Crippen LogP contribution in [0.25, 0.3) is 0 Å². The van der Waals surface area contributed by atoms with Crippen molar-refractivity contribution in [2.24, 2.45) is 5.14 Å². The summed E-state index contributed by atoms with van der Waals surface area (Å²) in [4.78, 5) is 0. The number of allylic oxidation sites excluding steroid dienone is 2. The molecule has 0 aliphatic carbocycles. The van der Waals surface area contributed by atoms with E-state index in [4.69, 9.17) is 10.4 Å². The lowest BCUT2D eigenvalue weighted by Gasteiger charge is -2.05. The Labute approximate surface area is 72.7 Å². The summed E-state index contributed by atoms with van der Waals surface area (Å²) in [7, 11) is -3.41. The molecule has 5 heteroatoms. The lowest BCUT2D eigenvalue weighted by Crippen LogP contribution is -2.25. The molecule has 0 heterocycles. The summed E-state index contributed by atoms with van der Waals surface area (Å²) in [6, 6.07) is 1.82. The third kappa shape index (κ3) is 4.88. The van der Waals surface area contributed by atoms with Crippen LogP contribution in [0.5, 0.6) is 0 Å². The van der Waals surface area contributed by atoms with Crippen LogP contribution in [0.1, 0.15) is 19.8 Å². The number of hydrogen-bond donors (Lipinski definition) is 1. The topological polar surface area (TPSA) is 83.9 Å². The third-order valence-corrected chi connectivity index (χ3v) is 2.85. The molecule has 0 unspecified atom stereocenters. The number of primary sulfonamides is 1. The number of nitriles is 1. The van der Waals surface area contributed by atoms with Crippen LogP contribution in [0.3, 0.4) is 0 Å². The molecule has 68 valence electrons. The minimum atomic E-state index is -3.41. The zero-order valence-corrected chi connectivity index (χ0v) is 7.71. The Morgan fingerprint density at radius 1 is 1.67 bits per heavy atom. The highest BCUT2D eigenvalue weighted by Gasteiger charge is 2.13. The van der Waals surface area contributed by atoms with Gasteiger partial charge in [-0.25, -0.2) is 13.6 Å². The van der Waals surface area contributed by atoms with Crippen LogP contribution < -0.4 is 5.14 Å². The van der Waals surface area contributed by atoms with Crippen molar-refractivity contribution in [1.82, 2.24) is 0 Å². The number of hydrogen-bond acceptors (Lipinski definition) is 3. The zero-order chi connectivity index (χ0) is 9.61. The summed E-state index contributed by atoms with van der Waals surface area (Å²) >= 11 is 0. The molecule has 0 saturated heterocycles. The molecule has 0 radical (unpaired) electrons. The van der Waals surface area contributed by atoms with Gasteiger partial charge in [0.2, 0.25) is 10.0 Å². The molecule has 2 N–H and O–H groups in total. The summed E-state index contributed by atoms with van der Waals surface area (Å²) in [5.74, 6) is 0. The minimum absolute atomic E-state index is 0.455. The van der Waals surface area contributed by atoms with Crippen molar-refractivity contribution >= 4 is 10.0 Å². The van der Waals surface area contributed by atoms with Crippen molar-refractivity contribution in [1.29, 1.82) is 5.26 Å². The Bertz CT molecular complexity index is 287. The average molecular weight is 188 g/mol. The van der Waals surface area contributed by atoms with Gasteiger partial charge in [-0.1, -0.05) is 6.08 Å². The van der Waals surface area contributed by atoms with Crippen LogP contribution >= 0.6 is 0 Å². The molecular formula is C7H12N2O2S. The fourth-order valence-electron chi connectivity index (χ4n) is 0.631. The van der Waals surface area contributed by atoms with Gasteiger partial charge in [0.15, 0.2) is 0 Å². The van der Waals surface area contributed by atoms with Gasteiger partial charge < -0.3 is 0 Å². The molecular weight excluding hydrogens is 176 g/mol. The van der Waals surface area contributed by atoms with Gasteiger partial charge in [0.1, 0.15) is 0 Å². The highest BCUT2D eigenvalue weighted by atomic mass is 32.2. The summed E-state index contributed by atoms with van der Waals surface area (Å²) in [5.41, 5.74) is 0. The molecule has 4 nitrogen and oxygen atoms in total. The van der Waals surface area contributed by atoms with Gasteiger partial charge in [-0.2, -0.15) is 5.26 Å². The number of sulfonamides is 1. The van der Waals surface area contributed by atoms with Gasteiger partial charge in [0.25, 0.3) is 0 Å².